The van der Waals surface area contributed by atoms with Gasteiger partial charge in [-0.1, -0.05) is 0 Å². The molecule has 0 amide bonds. The van der Waals surface area contributed by atoms with Gasteiger partial charge in [0.1, 0.15) is 5.76 Å². The topological polar surface area (TPSA) is 36.9 Å². The van der Waals surface area contributed by atoms with E-state index in [1.807, 2.05) is 12.1 Å². The summed E-state index contributed by atoms with van der Waals surface area (Å²) >= 11 is 1.56. The molecule has 0 atom stereocenters. The number of thioether (sulfide) groups is 1. The number of hydrogen-bond donors (Lipinski definition) is 0. The van der Waals surface area contributed by atoms with Crippen molar-refractivity contribution < 1.29 is 4.42 Å². The van der Waals surface area contributed by atoms with Crippen LogP contribution in [0, 0.1) is 11.3 Å². The largest absolute Gasteiger partial charge is 0.468 e. The van der Waals surface area contributed by atoms with Crippen LogP contribution in [0.1, 0.15) is 5.76 Å². The first-order valence-electron chi connectivity index (χ1n) is 2.90. The average molecular weight is 153 g/mol. The molecule has 0 unspecified atom stereocenters. The molecule has 0 bridgehead atoms. The van der Waals surface area contributed by atoms with Gasteiger partial charge < -0.3 is 4.42 Å². The fraction of sp³-hybridized carbons (Fsp3) is 0.286. The van der Waals surface area contributed by atoms with E-state index in [-0.39, 0.29) is 0 Å². The van der Waals surface area contributed by atoms with Gasteiger partial charge in [0.2, 0.25) is 0 Å². The molecular weight excluding hydrogens is 146 g/mol. The van der Waals surface area contributed by atoms with Crippen LogP contribution in [0.5, 0.6) is 0 Å². The molecule has 1 aromatic heterocycles. The van der Waals surface area contributed by atoms with Crippen LogP contribution in [0.25, 0.3) is 0 Å². The Bertz CT molecular complexity index is 212. The molecule has 0 spiro atoms. The molecule has 0 aromatic carbocycles. The molecule has 52 valence electrons. The van der Waals surface area contributed by atoms with Crippen LogP contribution in [0.2, 0.25) is 0 Å². The van der Waals surface area contributed by atoms with E-state index in [1.54, 1.807) is 18.0 Å². The Labute approximate surface area is 63.8 Å². The Kier molecular flexibility index (Phi) is 2.91. The molecule has 0 fully saturated rings. The van der Waals surface area contributed by atoms with Gasteiger partial charge >= 0.3 is 0 Å². The third-order valence-electron chi connectivity index (χ3n) is 0.991. The van der Waals surface area contributed by atoms with Crippen LogP contribution in [0.15, 0.2) is 22.8 Å². The number of nitrogens with zero attached hydrogens (tertiary/aromatic N) is 1. The van der Waals surface area contributed by atoms with Gasteiger partial charge in [-0.3, -0.25) is 0 Å². The normalized spacial score (nSPS) is 9.10. The summed E-state index contributed by atoms with van der Waals surface area (Å²) in [5, 5.41) is 8.19. The third-order valence-corrected chi connectivity index (χ3v) is 1.81. The van der Waals surface area contributed by atoms with Crippen molar-refractivity contribution in [1.29, 1.82) is 5.26 Å². The number of nitriles is 1. The molecule has 1 heterocycles. The van der Waals surface area contributed by atoms with E-state index in [1.165, 1.54) is 0 Å². The summed E-state index contributed by atoms with van der Waals surface area (Å²) in [5.41, 5.74) is 0. The van der Waals surface area contributed by atoms with Crippen molar-refractivity contribution in [1.82, 2.24) is 0 Å². The van der Waals surface area contributed by atoms with Crippen molar-refractivity contribution in [2.45, 2.75) is 5.75 Å². The minimum absolute atomic E-state index is 0.528. The quantitative estimate of drug-likeness (QED) is 0.623. The van der Waals surface area contributed by atoms with Gasteiger partial charge in [-0.05, 0) is 12.1 Å². The van der Waals surface area contributed by atoms with Crippen LogP contribution in [0.3, 0.4) is 0 Å². The maximum absolute atomic E-state index is 8.19. The van der Waals surface area contributed by atoms with Gasteiger partial charge in [0, 0.05) is 0 Å². The summed E-state index contributed by atoms with van der Waals surface area (Å²) in [5.74, 6) is 2.25. The molecule has 1 aromatic rings. The van der Waals surface area contributed by atoms with E-state index in [0.29, 0.717) is 5.75 Å². The standard InChI is InChI=1S/C7H7NOS/c8-3-5-10-6-7-2-1-4-9-7/h1-2,4H,5-6H2. The second kappa shape index (κ2) is 4.02. The summed E-state index contributed by atoms with van der Waals surface area (Å²) < 4.78 is 5.05. The fourth-order valence-corrected chi connectivity index (χ4v) is 1.15. The zero-order valence-corrected chi connectivity index (χ0v) is 6.23. The Morgan fingerprint density at radius 3 is 3.20 bits per heavy atom. The number of rotatable bonds is 3. The minimum Gasteiger partial charge on any atom is -0.468 e. The average Bonchev–Trinajstić information content (AvgIpc) is 2.41. The Morgan fingerprint density at radius 2 is 2.60 bits per heavy atom. The zero-order chi connectivity index (χ0) is 7.23. The zero-order valence-electron chi connectivity index (χ0n) is 5.41. The Morgan fingerprint density at radius 1 is 1.70 bits per heavy atom. The minimum atomic E-state index is 0.528. The van der Waals surface area contributed by atoms with Crippen molar-refractivity contribution in [2.75, 3.05) is 5.75 Å². The highest BCUT2D eigenvalue weighted by Crippen LogP contribution is 2.10. The van der Waals surface area contributed by atoms with Crippen molar-refractivity contribution in [3.05, 3.63) is 24.2 Å². The lowest BCUT2D eigenvalue weighted by Gasteiger charge is -1.89. The molecule has 1 rings (SSSR count). The predicted molar refractivity (Wildman–Crippen MR) is 40.5 cm³/mol. The number of furan rings is 1. The van der Waals surface area contributed by atoms with Crippen molar-refractivity contribution in [2.24, 2.45) is 0 Å². The molecule has 0 radical (unpaired) electrons. The monoisotopic (exact) mass is 153 g/mol. The van der Waals surface area contributed by atoms with Crippen LogP contribution in [-0.2, 0) is 5.75 Å². The first-order chi connectivity index (χ1) is 4.93. The molecule has 0 saturated heterocycles. The predicted octanol–water partition coefficient (Wildman–Crippen LogP) is 2.04. The molecule has 0 saturated carbocycles. The van der Waals surface area contributed by atoms with E-state index in [9.17, 15) is 0 Å². The molecular formula is C7H7NOS. The summed E-state index contributed by atoms with van der Waals surface area (Å²) in [6.45, 7) is 0. The van der Waals surface area contributed by atoms with Gasteiger partial charge in [-0.15, -0.1) is 11.8 Å². The summed E-state index contributed by atoms with van der Waals surface area (Å²) in [6.07, 6.45) is 1.64. The van der Waals surface area contributed by atoms with E-state index in [0.717, 1.165) is 11.5 Å². The highest BCUT2D eigenvalue weighted by Gasteiger charge is 1.93. The van der Waals surface area contributed by atoms with E-state index >= 15 is 0 Å². The van der Waals surface area contributed by atoms with Gasteiger partial charge in [-0.25, -0.2) is 0 Å². The van der Waals surface area contributed by atoms with Gasteiger partial charge in [0.25, 0.3) is 0 Å². The molecule has 10 heavy (non-hydrogen) atoms. The Hall–Kier alpha value is -0.880. The fourth-order valence-electron chi connectivity index (χ4n) is 0.592. The summed E-state index contributed by atoms with van der Waals surface area (Å²) in [4.78, 5) is 0. The lowest BCUT2D eigenvalue weighted by Crippen LogP contribution is -1.75. The first-order valence-corrected chi connectivity index (χ1v) is 4.06. The maximum atomic E-state index is 8.19. The van der Waals surface area contributed by atoms with Crippen molar-refractivity contribution in [3.63, 3.8) is 0 Å². The number of hydrogen-bond acceptors (Lipinski definition) is 3. The molecule has 0 aliphatic rings. The van der Waals surface area contributed by atoms with Crippen molar-refractivity contribution >= 4 is 11.8 Å². The lowest BCUT2D eigenvalue weighted by atomic mass is 10.5. The smallest absolute Gasteiger partial charge is 0.113 e. The highest BCUT2D eigenvalue weighted by atomic mass is 32.2. The van der Waals surface area contributed by atoms with E-state index in [4.69, 9.17) is 9.68 Å². The molecule has 0 aliphatic heterocycles. The van der Waals surface area contributed by atoms with Crippen LogP contribution in [-0.4, -0.2) is 5.75 Å². The van der Waals surface area contributed by atoms with Gasteiger partial charge in [0.05, 0.1) is 23.8 Å². The molecule has 2 nitrogen and oxygen atoms in total. The second-order valence-corrected chi connectivity index (χ2v) is 2.72. The second-order valence-electron chi connectivity index (χ2n) is 1.73. The lowest BCUT2D eigenvalue weighted by molar-refractivity contribution is 0.530. The summed E-state index contributed by atoms with van der Waals surface area (Å²) in [6, 6.07) is 5.81. The van der Waals surface area contributed by atoms with Crippen LogP contribution < -0.4 is 0 Å². The Balaban J connectivity index is 2.23. The maximum Gasteiger partial charge on any atom is 0.113 e. The molecule has 0 N–H and O–H groups in total. The van der Waals surface area contributed by atoms with Gasteiger partial charge in [-0.2, -0.15) is 5.26 Å². The van der Waals surface area contributed by atoms with Crippen LogP contribution in [0.4, 0.5) is 0 Å². The summed E-state index contributed by atoms with van der Waals surface area (Å²) in [7, 11) is 0. The molecule has 0 aliphatic carbocycles. The van der Waals surface area contributed by atoms with E-state index in [2.05, 4.69) is 6.07 Å². The van der Waals surface area contributed by atoms with Crippen molar-refractivity contribution in [3.8, 4) is 6.07 Å². The first kappa shape index (κ1) is 7.23. The highest BCUT2D eigenvalue weighted by molar-refractivity contribution is 7.98. The van der Waals surface area contributed by atoms with E-state index < -0.39 is 0 Å². The van der Waals surface area contributed by atoms with Crippen LogP contribution >= 0.6 is 11.8 Å². The van der Waals surface area contributed by atoms with Gasteiger partial charge in [0.15, 0.2) is 0 Å². The third kappa shape index (κ3) is 2.16. The SMILES string of the molecule is N#CCSCc1ccco1. The molecule has 3 heteroatoms.